The second-order valence-corrected chi connectivity index (χ2v) is 8.00. The highest BCUT2D eigenvalue weighted by molar-refractivity contribution is 5.82. The molecule has 0 aliphatic carbocycles. The van der Waals surface area contributed by atoms with E-state index in [0.29, 0.717) is 19.5 Å². The van der Waals surface area contributed by atoms with Crippen LogP contribution in [0.1, 0.15) is 50.2 Å². The van der Waals surface area contributed by atoms with Crippen molar-refractivity contribution < 1.29 is 14.6 Å². The molecule has 150 valence electrons. The maximum Gasteiger partial charge on any atom is 0.229 e. The maximum atomic E-state index is 13.5. The summed E-state index contributed by atoms with van der Waals surface area (Å²) in [4.78, 5) is 15.4. The predicted molar refractivity (Wildman–Crippen MR) is 111 cm³/mol. The molecule has 1 fully saturated rings. The molecule has 2 aromatic carbocycles. The van der Waals surface area contributed by atoms with E-state index in [9.17, 15) is 9.90 Å². The molecule has 0 spiro atoms. The molecule has 2 aromatic rings. The minimum absolute atomic E-state index is 0.0167. The van der Waals surface area contributed by atoms with Crippen molar-refractivity contribution in [1.82, 2.24) is 4.90 Å². The number of hydrogen-bond acceptors (Lipinski definition) is 3. The number of benzene rings is 2. The summed E-state index contributed by atoms with van der Waals surface area (Å²) in [6.07, 6.45) is 2.40. The lowest BCUT2D eigenvalue weighted by Crippen LogP contribution is -2.55. The third-order valence-corrected chi connectivity index (χ3v) is 5.90. The van der Waals surface area contributed by atoms with Crippen molar-refractivity contribution in [1.29, 1.82) is 0 Å². The quantitative estimate of drug-likeness (QED) is 0.774. The maximum absolute atomic E-state index is 13.5. The van der Waals surface area contributed by atoms with E-state index in [0.717, 1.165) is 29.7 Å². The van der Waals surface area contributed by atoms with Gasteiger partial charge in [0.15, 0.2) is 0 Å². The zero-order valence-corrected chi connectivity index (χ0v) is 17.1. The minimum atomic E-state index is -1.01. The van der Waals surface area contributed by atoms with Crippen molar-refractivity contribution in [3.63, 3.8) is 0 Å². The first-order valence-corrected chi connectivity index (χ1v) is 10.2. The molecule has 4 nitrogen and oxygen atoms in total. The first-order chi connectivity index (χ1) is 13.5. The van der Waals surface area contributed by atoms with Crippen LogP contribution in [0.5, 0.6) is 5.75 Å². The number of carbonyl (C=O) groups is 1. The number of aliphatic hydroxyl groups is 1. The zero-order valence-electron chi connectivity index (χ0n) is 17.1. The fraction of sp³-hybridized carbons (Fsp3) is 0.458. The number of ether oxygens (including phenoxy) is 1. The first-order valence-electron chi connectivity index (χ1n) is 10.2. The van der Waals surface area contributed by atoms with Gasteiger partial charge in [0, 0.05) is 13.1 Å². The highest BCUT2D eigenvalue weighted by Gasteiger charge is 2.48. The van der Waals surface area contributed by atoms with Gasteiger partial charge in [-0.1, -0.05) is 55.8 Å². The number of nitrogens with zero attached hydrogens (tertiary/aromatic N) is 1. The van der Waals surface area contributed by atoms with Gasteiger partial charge in [-0.25, -0.2) is 0 Å². The van der Waals surface area contributed by atoms with Crippen LogP contribution < -0.4 is 4.74 Å². The Kier molecular flexibility index (Phi) is 6.40. The number of methoxy groups -OCH3 is 1. The number of piperidine rings is 1. The average Bonchev–Trinajstić information content (AvgIpc) is 2.70. The van der Waals surface area contributed by atoms with Gasteiger partial charge in [0.2, 0.25) is 5.91 Å². The molecule has 1 amide bonds. The van der Waals surface area contributed by atoms with Gasteiger partial charge in [0.05, 0.1) is 18.6 Å². The van der Waals surface area contributed by atoms with E-state index in [1.807, 2.05) is 66.4 Å². The smallest absolute Gasteiger partial charge is 0.229 e. The van der Waals surface area contributed by atoms with Crippen LogP contribution >= 0.6 is 0 Å². The van der Waals surface area contributed by atoms with E-state index in [1.165, 1.54) is 0 Å². The van der Waals surface area contributed by atoms with Crippen LogP contribution in [0.2, 0.25) is 0 Å². The number of hydrogen-bond donors (Lipinski definition) is 1. The molecule has 1 N–H and O–H groups in total. The van der Waals surface area contributed by atoms with Crippen LogP contribution in [0.4, 0.5) is 0 Å². The monoisotopic (exact) mass is 381 g/mol. The Morgan fingerprint density at radius 3 is 2.46 bits per heavy atom. The predicted octanol–water partition coefficient (Wildman–Crippen LogP) is 4.38. The third kappa shape index (κ3) is 4.39. The first kappa shape index (κ1) is 20.4. The summed E-state index contributed by atoms with van der Waals surface area (Å²) in [5, 5.41) is 11.2. The standard InChI is InChI=1S/C24H31NO3/c1-4-8-21(19-11-13-20(28-3)14-12-19)22-23(26)25(16-15-24(22,2)27)17-18-9-6-5-7-10-18/h5-7,9-14,21-22,27H,4,8,15-17H2,1-3H3/t21-,22-,24+/m0/s1. The molecule has 3 atom stereocenters. The molecule has 0 saturated carbocycles. The summed E-state index contributed by atoms with van der Waals surface area (Å²) in [5.41, 5.74) is 1.19. The number of carbonyl (C=O) groups excluding carboxylic acids is 1. The van der Waals surface area contributed by atoms with E-state index < -0.39 is 11.5 Å². The highest BCUT2D eigenvalue weighted by Crippen LogP contribution is 2.42. The van der Waals surface area contributed by atoms with Crippen molar-refractivity contribution in [3.8, 4) is 5.75 Å². The van der Waals surface area contributed by atoms with Crippen molar-refractivity contribution >= 4 is 5.91 Å². The number of rotatable bonds is 7. The molecule has 0 unspecified atom stereocenters. The van der Waals surface area contributed by atoms with Crippen molar-refractivity contribution in [2.24, 2.45) is 5.92 Å². The van der Waals surface area contributed by atoms with Gasteiger partial charge < -0.3 is 14.7 Å². The molecule has 0 bridgehead atoms. The van der Waals surface area contributed by atoms with Gasteiger partial charge >= 0.3 is 0 Å². The molecular formula is C24H31NO3. The Balaban J connectivity index is 1.89. The molecule has 1 saturated heterocycles. The van der Waals surface area contributed by atoms with Crippen LogP contribution in [0.3, 0.4) is 0 Å². The summed E-state index contributed by atoms with van der Waals surface area (Å²) in [5.74, 6) is 0.385. The van der Waals surface area contributed by atoms with Gasteiger partial charge in [0.1, 0.15) is 5.75 Å². The third-order valence-electron chi connectivity index (χ3n) is 5.90. The lowest BCUT2D eigenvalue weighted by Gasteiger charge is -2.45. The SMILES string of the molecule is CCC[C@@H](c1ccc(OC)cc1)[C@H]1C(=O)N(Cc2ccccc2)CC[C@@]1(C)O. The van der Waals surface area contributed by atoms with Gasteiger partial charge in [0.25, 0.3) is 0 Å². The second-order valence-electron chi connectivity index (χ2n) is 8.00. The van der Waals surface area contributed by atoms with E-state index in [-0.39, 0.29) is 11.8 Å². The van der Waals surface area contributed by atoms with Crippen LogP contribution in [-0.4, -0.2) is 35.2 Å². The van der Waals surface area contributed by atoms with Crippen molar-refractivity contribution in [2.45, 2.75) is 51.2 Å². The molecule has 28 heavy (non-hydrogen) atoms. The Hall–Kier alpha value is -2.33. The molecule has 0 aromatic heterocycles. The fourth-order valence-corrected chi connectivity index (χ4v) is 4.34. The van der Waals surface area contributed by atoms with Gasteiger partial charge in [-0.05, 0) is 48.9 Å². The Labute approximate surface area is 168 Å². The number of likely N-dealkylation sites (tertiary alicyclic amines) is 1. The summed E-state index contributed by atoms with van der Waals surface area (Å²) < 4.78 is 5.28. The normalized spacial score (nSPS) is 23.5. The molecule has 3 rings (SSSR count). The Bertz CT molecular complexity index is 770. The summed E-state index contributed by atoms with van der Waals surface area (Å²) in [7, 11) is 1.65. The molecular weight excluding hydrogens is 350 g/mol. The fourth-order valence-electron chi connectivity index (χ4n) is 4.34. The molecule has 0 radical (unpaired) electrons. The summed E-state index contributed by atoms with van der Waals surface area (Å²) in [6.45, 7) is 5.12. The largest absolute Gasteiger partial charge is 0.497 e. The Morgan fingerprint density at radius 1 is 1.18 bits per heavy atom. The van der Waals surface area contributed by atoms with Gasteiger partial charge in [-0.15, -0.1) is 0 Å². The van der Waals surface area contributed by atoms with Crippen LogP contribution in [0.15, 0.2) is 54.6 Å². The van der Waals surface area contributed by atoms with Crippen molar-refractivity contribution in [3.05, 3.63) is 65.7 Å². The summed E-state index contributed by atoms with van der Waals surface area (Å²) >= 11 is 0. The van der Waals surface area contributed by atoms with Gasteiger partial charge in [-0.2, -0.15) is 0 Å². The highest BCUT2D eigenvalue weighted by atomic mass is 16.5. The molecule has 4 heteroatoms. The molecule has 1 heterocycles. The minimum Gasteiger partial charge on any atom is -0.497 e. The average molecular weight is 382 g/mol. The summed E-state index contributed by atoms with van der Waals surface area (Å²) in [6, 6.07) is 18.0. The Morgan fingerprint density at radius 2 is 1.86 bits per heavy atom. The second kappa shape index (κ2) is 8.78. The topological polar surface area (TPSA) is 49.8 Å². The van der Waals surface area contributed by atoms with E-state index in [1.54, 1.807) is 7.11 Å². The van der Waals surface area contributed by atoms with Gasteiger partial charge in [-0.3, -0.25) is 4.79 Å². The van der Waals surface area contributed by atoms with E-state index in [2.05, 4.69) is 6.92 Å². The van der Waals surface area contributed by atoms with Crippen LogP contribution in [0, 0.1) is 5.92 Å². The van der Waals surface area contributed by atoms with E-state index in [4.69, 9.17) is 4.74 Å². The van der Waals surface area contributed by atoms with Crippen molar-refractivity contribution in [2.75, 3.05) is 13.7 Å². The van der Waals surface area contributed by atoms with Crippen LogP contribution in [-0.2, 0) is 11.3 Å². The lowest BCUT2D eigenvalue weighted by atomic mass is 9.70. The lowest BCUT2D eigenvalue weighted by molar-refractivity contribution is -0.156. The van der Waals surface area contributed by atoms with Crippen LogP contribution in [0.25, 0.3) is 0 Å². The van der Waals surface area contributed by atoms with E-state index >= 15 is 0 Å². The molecule has 1 aliphatic rings. The number of amides is 1. The zero-order chi connectivity index (χ0) is 20.1. The molecule has 1 aliphatic heterocycles.